The molecule has 6 aromatic heterocycles. The van der Waals surface area contributed by atoms with E-state index in [-0.39, 0.29) is 0 Å². The molecule has 11 nitrogen and oxygen atoms in total. The lowest BCUT2D eigenvalue weighted by Crippen LogP contribution is -2.06. The van der Waals surface area contributed by atoms with Crippen LogP contribution in [0.3, 0.4) is 0 Å². The summed E-state index contributed by atoms with van der Waals surface area (Å²) >= 11 is 1.80. The van der Waals surface area contributed by atoms with Crippen molar-refractivity contribution >= 4 is 107 Å². The molecule has 0 fully saturated rings. The number of para-hydroxylation sites is 2. The van der Waals surface area contributed by atoms with Crippen molar-refractivity contribution in [3.05, 3.63) is 479 Å². The lowest BCUT2D eigenvalue weighted by molar-refractivity contribution is 0.953. The monoisotopic (exact) mass is 1740 g/mol. The second-order valence-corrected chi connectivity index (χ2v) is 34.6. The largest absolute Gasteiger partial charge is 0.278 e. The van der Waals surface area contributed by atoms with Gasteiger partial charge in [0.1, 0.15) is 0 Å². The summed E-state index contributed by atoms with van der Waals surface area (Å²) in [6.45, 7) is 0. The van der Waals surface area contributed by atoms with Gasteiger partial charge < -0.3 is 0 Å². The number of fused-ring (bicyclic) bond motifs is 12. The molecule has 0 bridgehead atoms. The summed E-state index contributed by atoms with van der Waals surface area (Å²) in [6, 6.07) is 167. The van der Waals surface area contributed by atoms with E-state index in [9.17, 15) is 0 Å². The van der Waals surface area contributed by atoms with E-state index in [1.807, 2.05) is 103 Å². The fourth-order valence-corrected chi connectivity index (χ4v) is 19.6. The Bertz CT molecular complexity index is 8960. The van der Waals surface area contributed by atoms with E-state index in [4.69, 9.17) is 44.9 Å². The van der Waals surface area contributed by atoms with Crippen molar-refractivity contribution in [1.82, 2.24) is 54.0 Å². The van der Waals surface area contributed by atoms with Crippen LogP contribution >= 0.6 is 11.3 Å². The van der Waals surface area contributed by atoms with Gasteiger partial charge in [0, 0.05) is 80.7 Å². The first-order valence-corrected chi connectivity index (χ1v) is 46.0. The highest BCUT2D eigenvalue weighted by Crippen LogP contribution is 2.42. The third-order valence-corrected chi connectivity index (χ3v) is 26.4. The molecule has 0 radical (unpaired) electrons. The Morgan fingerprint density at radius 1 is 0.141 bits per heavy atom. The molecule has 26 rings (SSSR count). The summed E-state index contributed by atoms with van der Waals surface area (Å²) in [7, 11) is 0. The number of aromatic nitrogens is 11. The van der Waals surface area contributed by atoms with Crippen LogP contribution in [0.25, 0.3) is 243 Å². The van der Waals surface area contributed by atoms with E-state index in [2.05, 4.69) is 385 Å². The molecule has 632 valence electrons. The molecule has 0 aliphatic rings. The van der Waals surface area contributed by atoms with Crippen LogP contribution in [0.2, 0.25) is 0 Å². The average Bonchev–Trinajstić information content (AvgIpc) is 1.58. The summed E-state index contributed by atoms with van der Waals surface area (Å²) in [5, 5.41) is 14.6. The Kier molecular flexibility index (Phi) is 20.9. The van der Waals surface area contributed by atoms with Crippen molar-refractivity contribution in [3.63, 3.8) is 0 Å². The van der Waals surface area contributed by atoms with Crippen LogP contribution in [-0.4, -0.2) is 54.0 Å². The topological polar surface area (TPSA) is 126 Å². The Morgan fingerprint density at radius 3 is 0.926 bits per heavy atom. The number of nitrogens with zero attached hydrogens (tertiary/aromatic N) is 11. The molecular weight excluding hydrogens is 1660 g/mol. The zero-order valence-electron chi connectivity index (χ0n) is 72.9. The molecule has 0 unspecified atom stereocenters. The van der Waals surface area contributed by atoms with E-state index in [1.54, 1.807) is 11.3 Å². The van der Waals surface area contributed by atoms with Crippen LogP contribution < -0.4 is 0 Å². The van der Waals surface area contributed by atoms with Gasteiger partial charge in [0.05, 0.1) is 22.1 Å². The normalized spacial score (nSPS) is 11.4. The van der Waals surface area contributed by atoms with Gasteiger partial charge in [-0.25, -0.2) is 24.9 Å². The van der Waals surface area contributed by atoms with Crippen molar-refractivity contribution in [1.29, 1.82) is 0 Å². The minimum atomic E-state index is 0.589. The molecule has 0 amide bonds. The van der Waals surface area contributed by atoms with Gasteiger partial charge in [-0.2, -0.15) is 19.9 Å². The number of thiophene rings is 1. The van der Waals surface area contributed by atoms with Crippen LogP contribution in [0.15, 0.2) is 479 Å². The quantitative estimate of drug-likeness (QED) is 0.105. The maximum absolute atomic E-state index is 5.15. The predicted octanol–water partition coefficient (Wildman–Crippen LogP) is 31.6. The Morgan fingerprint density at radius 2 is 0.430 bits per heavy atom. The van der Waals surface area contributed by atoms with E-state index in [0.717, 1.165) is 99.2 Å². The molecule has 26 aromatic rings. The SMILES string of the molecule is c1ccc(-c2ccc3c(c2)c2ccccc2n3-c2nc(-c3ccccc3)nc(-c3ccc(-c4ccc5ccccc5c4)cc3)n2)cc1.c1ccc(-c2ccc3c(c2)c2ccccc2n3-c2nc(-c3ccccc3)nc(-c3ccc(-c4cccc5ccccc45)cc3)n2)cc1.c1ccc(-c2nc(-c3cccc(-c4ccc5ccccc5c4)c3)nc(-c3ccc4c(c3)sc3ccccc34)n2)cc1. The molecule has 0 aliphatic carbocycles. The Labute approximate surface area is 782 Å². The summed E-state index contributed by atoms with van der Waals surface area (Å²) < 4.78 is 6.85. The van der Waals surface area contributed by atoms with Crippen LogP contribution in [0.5, 0.6) is 0 Å². The average molecular weight is 1740 g/mol. The van der Waals surface area contributed by atoms with E-state index < -0.39 is 0 Å². The van der Waals surface area contributed by atoms with Crippen molar-refractivity contribution in [2.75, 3.05) is 0 Å². The number of rotatable bonds is 14. The van der Waals surface area contributed by atoms with Gasteiger partial charge in [-0.15, -0.1) is 11.3 Å². The molecule has 0 spiro atoms. The maximum Gasteiger partial charge on any atom is 0.238 e. The van der Waals surface area contributed by atoms with Crippen molar-refractivity contribution in [3.8, 4) is 147 Å². The number of hydrogen-bond donors (Lipinski definition) is 0. The smallest absolute Gasteiger partial charge is 0.238 e. The van der Waals surface area contributed by atoms with Crippen LogP contribution in [0.1, 0.15) is 0 Å². The zero-order valence-corrected chi connectivity index (χ0v) is 73.8. The molecule has 20 aromatic carbocycles. The van der Waals surface area contributed by atoms with Gasteiger partial charge in [0.25, 0.3) is 0 Å². The molecule has 0 N–H and O–H groups in total. The summed E-state index contributed by atoms with van der Waals surface area (Å²) in [5.41, 5.74) is 22.6. The molecule has 0 atom stereocenters. The maximum atomic E-state index is 5.15. The highest BCUT2D eigenvalue weighted by Gasteiger charge is 2.24. The van der Waals surface area contributed by atoms with E-state index in [1.165, 1.54) is 91.4 Å². The van der Waals surface area contributed by atoms with Crippen molar-refractivity contribution in [2.45, 2.75) is 0 Å². The Hall–Kier alpha value is -18.0. The molecule has 6 heterocycles. The van der Waals surface area contributed by atoms with E-state index in [0.29, 0.717) is 52.7 Å². The van der Waals surface area contributed by atoms with E-state index >= 15 is 0 Å². The molecule has 0 saturated carbocycles. The van der Waals surface area contributed by atoms with Gasteiger partial charge >= 0.3 is 0 Å². The highest BCUT2D eigenvalue weighted by molar-refractivity contribution is 7.25. The van der Waals surface area contributed by atoms with Crippen molar-refractivity contribution in [2.24, 2.45) is 0 Å². The predicted molar refractivity (Wildman–Crippen MR) is 559 cm³/mol. The molecule has 0 saturated heterocycles. The first kappa shape index (κ1) is 80.4. The third-order valence-electron chi connectivity index (χ3n) is 25.2. The molecule has 135 heavy (non-hydrogen) atoms. The van der Waals surface area contributed by atoms with Crippen LogP contribution in [0, 0.1) is 0 Å². The zero-order chi connectivity index (χ0) is 89.5. The molecule has 12 heteroatoms. The molecular formula is C123H79N11S. The third kappa shape index (κ3) is 15.8. The Balaban J connectivity index is 0.000000111. The van der Waals surface area contributed by atoms with Gasteiger partial charge in [-0.3, -0.25) is 9.13 Å². The van der Waals surface area contributed by atoms with Gasteiger partial charge in [0.15, 0.2) is 40.8 Å². The van der Waals surface area contributed by atoms with Crippen LogP contribution in [0.4, 0.5) is 0 Å². The first-order valence-electron chi connectivity index (χ1n) is 45.2. The van der Waals surface area contributed by atoms with Gasteiger partial charge in [0.2, 0.25) is 11.9 Å². The van der Waals surface area contributed by atoms with Crippen molar-refractivity contribution < 1.29 is 0 Å². The standard InChI is InChI=1S/2C43H28N4.C37H23N3S/c1-3-12-29(13-4-1)34-26-27-40-38(28-34)37-19-9-10-21-39(37)47(40)43-45-41(32-15-5-2-6-16-32)44-42(46-43)33-24-22-31(23-25-33)36-20-11-17-30-14-7-8-18-35(30)36;1-3-11-29(12-4-1)36-25-26-40-38(28-36)37-17-9-10-18-39(37)47(40)43-45-41(32-14-5-2-6-15-32)44-42(46-43)33-22-19-31(20-23-33)35-24-21-30-13-7-8-16-34(30)27-35;1-2-10-25(11-3-1)35-38-36(29-14-8-13-27(22-29)28-18-17-24-9-4-5-12-26(24)21-28)40-37(39-35)30-19-20-32-31-15-6-7-16-33(31)41-34(32)23-30/h2*1-28H;1-23H. The van der Waals surface area contributed by atoms with Gasteiger partial charge in [-0.05, 0) is 155 Å². The number of benzene rings is 20. The molecule has 0 aliphatic heterocycles. The highest BCUT2D eigenvalue weighted by atomic mass is 32.1. The first-order chi connectivity index (χ1) is 66.9. The minimum absolute atomic E-state index is 0.589. The second kappa shape index (κ2) is 35.1. The fraction of sp³-hybridized carbons (Fsp3) is 0. The van der Waals surface area contributed by atoms with Gasteiger partial charge in [-0.1, -0.05) is 413 Å². The number of hydrogen-bond acceptors (Lipinski definition) is 10. The summed E-state index contributed by atoms with van der Waals surface area (Å²) in [4.78, 5) is 45.4. The minimum Gasteiger partial charge on any atom is -0.278 e. The summed E-state index contributed by atoms with van der Waals surface area (Å²) in [6.07, 6.45) is 0. The lowest BCUT2D eigenvalue weighted by Gasteiger charge is -2.12. The second-order valence-electron chi connectivity index (χ2n) is 33.6. The summed E-state index contributed by atoms with van der Waals surface area (Å²) in [5.74, 6) is 5.70. The fourth-order valence-electron chi connectivity index (χ4n) is 18.5. The van der Waals surface area contributed by atoms with Crippen LogP contribution in [-0.2, 0) is 0 Å². The lowest BCUT2D eigenvalue weighted by atomic mass is 9.97.